The molecule has 0 aliphatic heterocycles. The molecule has 2 aromatic heterocycles. The quantitative estimate of drug-likeness (QED) is 0.575. The standard InChI is InChI=1S/C7H7N5/c8-5-3-10-1-4-2-11-7(9)12-6(4)5/h1-3H,8H2,(H2,9,11,12). The molecule has 0 atom stereocenters. The van der Waals surface area contributed by atoms with Crippen LogP contribution in [0.25, 0.3) is 10.9 Å². The zero-order chi connectivity index (χ0) is 8.55. The highest BCUT2D eigenvalue weighted by molar-refractivity contribution is 5.87. The van der Waals surface area contributed by atoms with Crippen LogP contribution in [0.4, 0.5) is 11.6 Å². The average Bonchev–Trinajstić information content (AvgIpc) is 2.07. The summed E-state index contributed by atoms with van der Waals surface area (Å²) >= 11 is 0. The number of nitrogens with two attached hydrogens (primary N) is 2. The summed E-state index contributed by atoms with van der Waals surface area (Å²) in [5.74, 6) is 0.223. The van der Waals surface area contributed by atoms with Crippen LogP contribution in [0.5, 0.6) is 0 Å². The lowest BCUT2D eigenvalue weighted by molar-refractivity contribution is 1.22. The highest BCUT2D eigenvalue weighted by Gasteiger charge is 1.99. The van der Waals surface area contributed by atoms with Gasteiger partial charge in [-0.05, 0) is 0 Å². The molecular weight excluding hydrogens is 154 g/mol. The Hall–Kier alpha value is -1.91. The summed E-state index contributed by atoms with van der Waals surface area (Å²) in [6.07, 6.45) is 4.78. The number of nitrogens with zero attached hydrogens (tertiary/aromatic N) is 3. The maximum Gasteiger partial charge on any atom is 0.220 e. The largest absolute Gasteiger partial charge is 0.396 e. The van der Waals surface area contributed by atoms with Crippen LogP contribution >= 0.6 is 0 Å². The summed E-state index contributed by atoms with van der Waals surface area (Å²) < 4.78 is 0. The zero-order valence-corrected chi connectivity index (χ0v) is 6.23. The van der Waals surface area contributed by atoms with Crippen molar-refractivity contribution in [2.24, 2.45) is 0 Å². The molecule has 0 amide bonds. The van der Waals surface area contributed by atoms with E-state index in [0.717, 1.165) is 5.39 Å². The SMILES string of the molecule is Nc1ncc2cncc(N)c2n1. The molecular formula is C7H7N5. The van der Waals surface area contributed by atoms with Gasteiger partial charge in [-0.3, -0.25) is 4.98 Å². The molecule has 0 saturated heterocycles. The number of aromatic nitrogens is 3. The van der Waals surface area contributed by atoms with Gasteiger partial charge in [-0.15, -0.1) is 0 Å². The Kier molecular flexibility index (Phi) is 1.30. The molecule has 12 heavy (non-hydrogen) atoms. The first kappa shape index (κ1) is 6.78. The summed E-state index contributed by atoms with van der Waals surface area (Å²) in [6.45, 7) is 0. The van der Waals surface area contributed by atoms with Crippen molar-refractivity contribution in [1.29, 1.82) is 0 Å². The zero-order valence-electron chi connectivity index (χ0n) is 6.23. The van der Waals surface area contributed by atoms with Crippen molar-refractivity contribution in [3.05, 3.63) is 18.6 Å². The summed E-state index contributed by atoms with van der Waals surface area (Å²) in [6, 6.07) is 0. The number of nitrogen functional groups attached to an aromatic ring is 2. The van der Waals surface area contributed by atoms with Gasteiger partial charge in [-0.25, -0.2) is 9.97 Å². The number of hydrogen-bond donors (Lipinski definition) is 2. The topological polar surface area (TPSA) is 90.7 Å². The molecule has 0 aromatic carbocycles. The average molecular weight is 161 g/mol. The van der Waals surface area contributed by atoms with Gasteiger partial charge in [0.05, 0.1) is 11.9 Å². The van der Waals surface area contributed by atoms with Crippen molar-refractivity contribution in [2.45, 2.75) is 0 Å². The Morgan fingerprint density at radius 1 is 1.08 bits per heavy atom. The predicted molar refractivity (Wildman–Crippen MR) is 46.2 cm³/mol. The summed E-state index contributed by atoms with van der Waals surface area (Å²) in [7, 11) is 0. The van der Waals surface area contributed by atoms with Crippen LogP contribution in [0.1, 0.15) is 0 Å². The van der Waals surface area contributed by atoms with Gasteiger partial charge in [0.15, 0.2) is 0 Å². The normalized spacial score (nSPS) is 10.3. The molecule has 0 radical (unpaired) electrons. The third-order valence-electron chi connectivity index (χ3n) is 1.54. The Labute approximate surface area is 68.5 Å². The first-order chi connectivity index (χ1) is 5.77. The van der Waals surface area contributed by atoms with E-state index in [1.165, 1.54) is 6.20 Å². The fourth-order valence-corrected chi connectivity index (χ4v) is 0.989. The molecule has 0 bridgehead atoms. The van der Waals surface area contributed by atoms with E-state index in [0.29, 0.717) is 11.2 Å². The molecule has 2 aromatic rings. The Balaban J connectivity index is 2.88. The predicted octanol–water partition coefficient (Wildman–Crippen LogP) is 0.189. The number of anilines is 2. The van der Waals surface area contributed by atoms with Crippen LogP contribution in [0.3, 0.4) is 0 Å². The van der Waals surface area contributed by atoms with Crippen LogP contribution in [-0.4, -0.2) is 15.0 Å². The molecule has 0 aliphatic carbocycles. The lowest BCUT2D eigenvalue weighted by atomic mass is 10.3. The first-order valence-electron chi connectivity index (χ1n) is 3.39. The molecule has 0 aliphatic rings. The summed E-state index contributed by atoms with van der Waals surface area (Å²) in [5.41, 5.74) is 12.2. The van der Waals surface area contributed by atoms with Crippen molar-refractivity contribution in [2.75, 3.05) is 11.5 Å². The molecule has 5 heteroatoms. The van der Waals surface area contributed by atoms with E-state index in [4.69, 9.17) is 11.5 Å². The molecule has 4 N–H and O–H groups in total. The minimum atomic E-state index is 0.223. The second kappa shape index (κ2) is 2.30. The van der Waals surface area contributed by atoms with E-state index < -0.39 is 0 Å². The fourth-order valence-electron chi connectivity index (χ4n) is 0.989. The van der Waals surface area contributed by atoms with Crippen molar-refractivity contribution < 1.29 is 0 Å². The van der Waals surface area contributed by atoms with Gasteiger partial charge in [0.1, 0.15) is 5.52 Å². The number of pyridine rings is 1. The van der Waals surface area contributed by atoms with Crippen LogP contribution < -0.4 is 11.5 Å². The molecule has 2 heterocycles. The van der Waals surface area contributed by atoms with Crippen LogP contribution in [0.15, 0.2) is 18.6 Å². The Bertz CT molecular complexity index is 425. The van der Waals surface area contributed by atoms with Gasteiger partial charge < -0.3 is 11.5 Å². The van der Waals surface area contributed by atoms with Gasteiger partial charge in [0.25, 0.3) is 0 Å². The third-order valence-corrected chi connectivity index (χ3v) is 1.54. The van der Waals surface area contributed by atoms with Gasteiger partial charge >= 0.3 is 0 Å². The lowest BCUT2D eigenvalue weighted by Gasteiger charge is -1.99. The van der Waals surface area contributed by atoms with Gasteiger partial charge in [-0.1, -0.05) is 0 Å². The highest BCUT2D eigenvalue weighted by Crippen LogP contribution is 2.15. The van der Waals surface area contributed by atoms with Crippen molar-refractivity contribution in [3.8, 4) is 0 Å². The molecule has 0 saturated carbocycles. The Morgan fingerprint density at radius 3 is 2.75 bits per heavy atom. The monoisotopic (exact) mass is 161 g/mol. The van der Waals surface area contributed by atoms with E-state index in [9.17, 15) is 0 Å². The molecule has 2 rings (SSSR count). The number of hydrogen-bond acceptors (Lipinski definition) is 5. The fraction of sp³-hybridized carbons (Fsp3) is 0. The van der Waals surface area contributed by atoms with Crippen molar-refractivity contribution in [1.82, 2.24) is 15.0 Å². The van der Waals surface area contributed by atoms with Crippen LogP contribution in [0.2, 0.25) is 0 Å². The van der Waals surface area contributed by atoms with Gasteiger partial charge in [-0.2, -0.15) is 0 Å². The molecule has 0 spiro atoms. The van der Waals surface area contributed by atoms with Crippen LogP contribution in [-0.2, 0) is 0 Å². The van der Waals surface area contributed by atoms with Crippen LogP contribution in [0, 0.1) is 0 Å². The van der Waals surface area contributed by atoms with Crippen molar-refractivity contribution >= 4 is 22.5 Å². The van der Waals surface area contributed by atoms with Gasteiger partial charge in [0.2, 0.25) is 5.95 Å². The minimum Gasteiger partial charge on any atom is -0.396 e. The maximum atomic E-state index is 5.62. The van der Waals surface area contributed by atoms with E-state index in [-0.39, 0.29) is 5.95 Å². The minimum absolute atomic E-state index is 0.223. The number of fused-ring (bicyclic) bond motifs is 1. The molecule has 0 fully saturated rings. The second-order valence-corrected chi connectivity index (χ2v) is 2.39. The van der Waals surface area contributed by atoms with Crippen molar-refractivity contribution in [3.63, 3.8) is 0 Å². The molecule has 60 valence electrons. The summed E-state index contributed by atoms with van der Waals surface area (Å²) in [4.78, 5) is 11.7. The summed E-state index contributed by atoms with van der Waals surface area (Å²) in [5, 5.41) is 0.796. The molecule has 0 unspecified atom stereocenters. The highest BCUT2D eigenvalue weighted by atomic mass is 15.0. The van der Waals surface area contributed by atoms with E-state index in [1.54, 1.807) is 12.4 Å². The number of rotatable bonds is 0. The maximum absolute atomic E-state index is 5.62. The van der Waals surface area contributed by atoms with E-state index >= 15 is 0 Å². The van der Waals surface area contributed by atoms with Gasteiger partial charge in [0, 0.05) is 17.8 Å². The molecule has 5 nitrogen and oxygen atoms in total. The van der Waals surface area contributed by atoms with E-state index in [1.807, 2.05) is 0 Å². The Morgan fingerprint density at radius 2 is 1.92 bits per heavy atom. The third kappa shape index (κ3) is 0.914. The smallest absolute Gasteiger partial charge is 0.220 e. The van der Waals surface area contributed by atoms with E-state index in [2.05, 4.69) is 15.0 Å². The lowest BCUT2D eigenvalue weighted by Crippen LogP contribution is -1.97. The second-order valence-electron chi connectivity index (χ2n) is 2.39. The first-order valence-corrected chi connectivity index (χ1v) is 3.39.